The van der Waals surface area contributed by atoms with E-state index in [0.29, 0.717) is 26.2 Å². The van der Waals surface area contributed by atoms with Crippen molar-refractivity contribution in [2.45, 2.75) is 6.92 Å². The van der Waals surface area contributed by atoms with E-state index in [2.05, 4.69) is 15.5 Å². The number of ether oxygens (including phenoxy) is 1. The minimum Gasteiger partial charge on any atom is -0.379 e. The second-order valence-corrected chi connectivity index (χ2v) is 3.55. The van der Waals surface area contributed by atoms with Crippen LogP contribution in [0.25, 0.3) is 0 Å². The Morgan fingerprint density at radius 3 is 2.67 bits per heavy atom. The van der Waals surface area contributed by atoms with Crippen molar-refractivity contribution in [2.75, 3.05) is 53.5 Å². The highest BCUT2D eigenvalue weighted by Crippen LogP contribution is 1.77. The quantitative estimate of drug-likeness (QED) is 0.501. The maximum Gasteiger partial charge on any atom is 0.233 e. The summed E-state index contributed by atoms with van der Waals surface area (Å²) in [5, 5.41) is 5.72. The van der Waals surface area contributed by atoms with Crippen LogP contribution in [0.15, 0.2) is 0 Å². The third kappa shape index (κ3) is 11.3. The molecule has 0 aromatic rings. The number of hydrogen-bond donors (Lipinski definition) is 2. The summed E-state index contributed by atoms with van der Waals surface area (Å²) in [6.07, 6.45) is 0. The fraction of sp³-hybridized carbons (Fsp3) is 0.900. The van der Waals surface area contributed by atoms with Crippen LogP contribution in [0.2, 0.25) is 0 Å². The molecule has 5 nitrogen and oxygen atoms in total. The van der Waals surface area contributed by atoms with E-state index in [1.165, 1.54) is 0 Å². The third-order valence-electron chi connectivity index (χ3n) is 1.77. The fourth-order valence-corrected chi connectivity index (χ4v) is 0.955. The maximum atomic E-state index is 11.0. The lowest BCUT2D eigenvalue weighted by Gasteiger charge is -2.10. The van der Waals surface area contributed by atoms with Crippen LogP contribution in [0.3, 0.4) is 0 Å². The summed E-state index contributed by atoms with van der Waals surface area (Å²) < 4.78 is 5.35. The molecule has 90 valence electrons. The average Bonchev–Trinajstić information content (AvgIpc) is 2.16. The molecule has 2 N–H and O–H groups in total. The monoisotopic (exact) mass is 217 g/mol. The molecule has 0 unspecified atom stereocenters. The zero-order chi connectivity index (χ0) is 11.5. The number of carbonyl (C=O) groups excluding carboxylic acids is 1. The SMILES string of the molecule is CCNC(=O)CNCCOCCN(C)C. The Kier molecular flexibility index (Phi) is 9.46. The Morgan fingerprint density at radius 1 is 1.33 bits per heavy atom. The van der Waals surface area contributed by atoms with Crippen molar-refractivity contribution in [3.63, 3.8) is 0 Å². The van der Waals surface area contributed by atoms with Crippen molar-refractivity contribution >= 4 is 5.91 Å². The lowest BCUT2D eigenvalue weighted by atomic mass is 10.5. The van der Waals surface area contributed by atoms with Gasteiger partial charge in [-0.15, -0.1) is 0 Å². The molecule has 1 amide bonds. The molecule has 0 aromatic carbocycles. The smallest absolute Gasteiger partial charge is 0.233 e. The molecule has 0 bridgehead atoms. The second-order valence-electron chi connectivity index (χ2n) is 3.55. The summed E-state index contributed by atoms with van der Waals surface area (Å²) in [4.78, 5) is 13.1. The van der Waals surface area contributed by atoms with Crippen LogP contribution in [0, 0.1) is 0 Å². The number of nitrogens with one attached hydrogen (secondary N) is 2. The summed E-state index contributed by atoms with van der Waals surface area (Å²) in [7, 11) is 4.02. The van der Waals surface area contributed by atoms with E-state index >= 15 is 0 Å². The highest BCUT2D eigenvalue weighted by atomic mass is 16.5. The number of hydrogen-bond acceptors (Lipinski definition) is 4. The average molecular weight is 217 g/mol. The number of rotatable bonds is 9. The van der Waals surface area contributed by atoms with Gasteiger partial charge in [-0.25, -0.2) is 0 Å². The number of nitrogens with zero attached hydrogens (tertiary/aromatic N) is 1. The molecule has 0 heterocycles. The van der Waals surface area contributed by atoms with Gasteiger partial charge in [-0.2, -0.15) is 0 Å². The van der Waals surface area contributed by atoms with Crippen molar-refractivity contribution < 1.29 is 9.53 Å². The molecular formula is C10H23N3O2. The minimum absolute atomic E-state index is 0.0331. The molecule has 0 saturated heterocycles. The first-order chi connectivity index (χ1) is 7.16. The first-order valence-corrected chi connectivity index (χ1v) is 5.36. The van der Waals surface area contributed by atoms with Gasteiger partial charge in [0, 0.05) is 19.6 Å². The Morgan fingerprint density at radius 2 is 2.07 bits per heavy atom. The standard InChI is InChI=1S/C10H23N3O2/c1-4-12-10(14)9-11-5-7-15-8-6-13(2)3/h11H,4-9H2,1-3H3,(H,12,14). The highest BCUT2D eigenvalue weighted by Gasteiger charge is 1.97. The van der Waals surface area contributed by atoms with E-state index in [1.807, 2.05) is 21.0 Å². The van der Waals surface area contributed by atoms with Crippen molar-refractivity contribution in [1.82, 2.24) is 15.5 Å². The molecular weight excluding hydrogens is 194 g/mol. The number of carbonyl (C=O) groups is 1. The minimum atomic E-state index is 0.0331. The van der Waals surface area contributed by atoms with Gasteiger partial charge in [0.05, 0.1) is 19.8 Å². The van der Waals surface area contributed by atoms with Crippen LogP contribution in [-0.4, -0.2) is 64.3 Å². The van der Waals surface area contributed by atoms with Crippen LogP contribution in [0.1, 0.15) is 6.92 Å². The van der Waals surface area contributed by atoms with E-state index in [-0.39, 0.29) is 5.91 Å². The van der Waals surface area contributed by atoms with Gasteiger partial charge in [-0.05, 0) is 21.0 Å². The Balaban J connectivity index is 3.08. The van der Waals surface area contributed by atoms with Crippen LogP contribution >= 0.6 is 0 Å². The van der Waals surface area contributed by atoms with Crippen LogP contribution in [0.5, 0.6) is 0 Å². The number of amides is 1. The van der Waals surface area contributed by atoms with Crippen molar-refractivity contribution in [1.29, 1.82) is 0 Å². The van der Waals surface area contributed by atoms with Crippen molar-refractivity contribution in [3.8, 4) is 0 Å². The van der Waals surface area contributed by atoms with E-state index < -0.39 is 0 Å². The topological polar surface area (TPSA) is 53.6 Å². The molecule has 0 aliphatic heterocycles. The molecule has 0 atom stereocenters. The molecule has 0 aliphatic carbocycles. The summed E-state index contributed by atoms with van der Waals surface area (Å²) in [6.45, 7) is 5.97. The van der Waals surface area contributed by atoms with Gasteiger partial charge < -0.3 is 20.3 Å². The third-order valence-corrected chi connectivity index (χ3v) is 1.77. The zero-order valence-electron chi connectivity index (χ0n) is 10.0. The van der Waals surface area contributed by atoms with Gasteiger partial charge in [0.2, 0.25) is 5.91 Å². The Bertz CT molecular complexity index is 163. The van der Waals surface area contributed by atoms with Crippen LogP contribution < -0.4 is 10.6 Å². The molecule has 15 heavy (non-hydrogen) atoms. The zero-order valence-corrected chi connectivity index (χ0v) is 10.0. The van der Waals surface area contributed by atoms with E-state index in [1.54, 1.807) is 0 Å². The van der Waals surface area contributed by atoms with Gasteiger partial charge in [0.1, 0.15) is 0 Å². The molecule has 0 rings (SSSR count). The summed E-state index contributed by atoms with van der Waals surface area (Å²) in [6, 6.07) is 0. The first kappa shape index (κ1) is 14.3. The van der Waals surface area contributed by atoms with Gasteiger partial charge in [0.15, 0.2) is 0 Å². The first-order valence-electron chi connectivity index (χ1n) is 5.36. The van der Waals surface area contributed by atoms with Gasteiger partial charge >= 0.3 is 0 Å². The molecule has 0 aromatic heterocycles. The molecule has 0 saturated carbocycles. The largest absolute Gasteiger partial charge is 0.379 e. The van der Waals surface area contributed by atoms with Crippen molar-refractivity contribution in [3.05, 3.63) is 0 Å². The molecule has 0 fully saturated rings. The lowest BCUT2D eigenvalue weighted by Crippen LogP contribution is -2.35. The Hall–Kier alpha value is -0.650. The van der Waals surface area contributed by atoms with Gasteiger partial charge in [0.25, 0.3) is 0 Å². The summed E-state index contributed by atoms with van der Waals surface area (Å²) in [5.41, 5.74) is 0. The van der Waals surface area contributed by atoms with E-state index in [0.717, 1.165) is 13.2 Å². The van der Waals surface area contributed by atoms with Crippen LogP contribution in [-0.2, 0) is 9.53 Å². The predicted octanol–water partition coefficient (Wildman–Crippen LogP) is -0.710. The molecule has 0 spiro atoms. The molecule has 0 aliphatic rings. The Labute approximate surface area is 92.2 Å². The summed E-state index contributed by atoms with van der Waals surface area (Å²) >= 11 is 0. The lowest BCUT2D eigenvalue weighted by molar-refractivity contribution is -0.120. The molecule has 0 radical (unpaired) electrons. The van der Waals surface area contributed by atoms with Gasteiger partial charge in [-0.1, -0.05) is 0 Å². The van der Waals surface area contributed by atoms with E-state index in [9.17, 15) is 4.79 Å². The summed E-state index contributed by atoms with van der Waals surface area (Å²) in [5.74, 6) is 0.0331. The fourth-order valence-electron chi connectivity index (χ4n) is 0.955. The normalized spacial score (nSPS) is 10.7. The predicted molar refractivity (Wildman–Crippen MR) is 60.9 cm³/mol. The maximum absolute atomic E-state index is 11.0. The molecule has 5 heteroatoms. The second kappa shape index (κ2) is 9.89. The van der Waals surface area contributed by atoms with Gasteiger partial charge in [-0.3, -0.25) is 4.79 Å². The van der Waals surface area contributed by atoms with E-state index in [4.69, 9.17) is 4.74 Å². The number of likely N-dealkylation sites (N-methyl/N-ethyl adjacent to an activating group) is 2. The van der Waals surface area contributed by atoms with Crippen LogP contribution in [0.4, 0.5) is 0 Å². The van der Waals surface area contributed by atoms with Crippen molar-refractivity contribution in [2.24, 2.45) is 0 Å². The highest BCUT2D eigenvalue weighted by molar-refractivity contribution is 5.77.